The number of benzene rings is 2. The number of carbonyl (C=O) groups is 4. The molecular weight excluding hydrogens is 580 g/mol. The molecule has 0 unspecified atom stereocenters. The maximum atomic E-state index is 12.6. The van der Waals surface area contributed by atoms with Crippen molar-refractivity contribution in [3.05, 3.63) is 78.4 Å². The Hall–Kier alpha value is -4.60. The van der Waals surface area contributed by atoms with E-state index in [9.17, 15) is 19.2 Å². The maximum Gasteiger partial charge on any atom is 0.343 e. The monoisotopic (exact) mass is 622 g/mol. The predicted octanol–water partition coefficient (Wildman–Crippen LogP) is 6.24. The lowest BCUT2D eigenvalue weighted by Crippen LogP contribution is -2.22. The Kier molecular flexibility index (Phi) is 14.7. The highest BCUT2D eigenvalue weighted by molar-refractivity contribution is 5.93. The molecule has 0 saturated heterocycles. The fraction of sp³-hybridized carbons (Fsp3) is 0.429. The molecule has 0 bridgehead atoms. The first-order chi connectivity index (χ1) is 21.7. The number of rotatable bonds is 18. The average Bonchev–Trinajstić information content (AvgIpc) is 3.03. The van der Waals surface area contributed by atoms with Crippen LogP contribution in [0.5, 0.6) is 17.2 Å². The van der Waals surface area contributed by atoms with E-state index in [-0.39, 0.29) is 31.3 Å². The third kappa shape index (κ3) is 12.9. The summed E-state index contributed by atoms with van der Waals surface area (Å²) in [5.74, 6) is -0.406. The number of hydrogen-bond donors (Lipinski definition) is 0. The highest BCUT2D eigenvalue weighted by atomic mass is 16.6. The van der Waals surface area contributed by atoms with Gasteiger partial charge in [-0.05, 0) is 93.5 Å². The number of aryl methyl sites for hydroxylation is 1. The van der Waals surface area contributed by atoms with Crippen molar-refractivity contribution in [2.75, 3.05) is 26.4 Å². The minimum absolute atomic E-state index is 0.0598. The summed E-state index contributed by atoms with van der Waals surface area (Å²) in [6.45, 7) is 10.0. The summed E-state index contributed by atoms with van der Waals surface area (Å²) >= 11 is 0. The van der Waals surface area contributed by atoms with E-state index >= 15 is 0 Å². The lowest BCUT2D eigenvalue weighted by Gasteiger charge is -2.21. The standard InChI is InChI=1S/C35H42O10/c1-4-32(36)42-22-10-21-41-31-18-17-30(23-25(31)2)45-35(39)27-13-15-28(16-14-27)40-19-8-9-20-43-34(38)26(3)24-33(37)44-29-11-6-5-7-12-29/h4,13-18,23,29H,1,3,5-12,19-22,24H2,2H3. The zero-order valence-corrected chi connectivity index (χ0v) is 25.9. The summed E-state index contributed by atoms with van der Waals surface area (Å²) < 4.78 is 32.5. The van der Waals surface area contributed by atoms with Gasteiger partial charge < -0.3 is 28.4 Å². The first-order valence-corrected chi connectivity index (χ1v) is 15.3. The second kappa shape index (κ2) is 18.9. The van der Waals surface area contributed by atoms with Crippen LogP contribution in [-0.4, -0.2) is 56.4 Å². The fourth-order valence-corrected chi connectivity index (χ4v) is 4.49. The topological polar surface area (TPSA) is 124 Å². The summed E-state index contributed by atoms with van der Waals surface area (Å²) in [5.41, 5.74) is 1.25. The second-order valence-electron chi connectivity index (χ2n) is 10.6. The van der Waals surface area contributed by atoms with Crippen LogP contribution >= 0.6 is 0 Å². The fourth-order valence-electron chi connectivity index (χ4n) is 4.49. The molecule has 0 heterocycles. The van der Waals surface area contributed by atoms with Crippen LogP contribution < -0.4 is 14.2 Å². The van der Waals surface area contributed by atoms with E-state index in [1.165, 1.54) is 0 Å². The summed E-state index contributed by atoms with van der Waals surface area (Å²) in [4.78, 5) is 47.8. The van der Waals surface area contributed by atoms with Gasteiger partial charge in [-0.25, -0.2) is 14.4 Å². The summed E-state index contributed by atoms with van der Waals surface area (Å²) in [5, 5.41) is 0. The molecule has 0 amide bonds. The van der Waals surface area contributed by atoms with Crippen LogP contribution in [0.15, 0.2) is 67.3 Å². The molecule has 10 nitrogen and oxygen atoms in total. The minimum atomic E-state index is -0.598. The molecule has 1 saturated carbocycles. The van der Waals surface area contributed by atoms with E-state index in [4.69, 9.17) is 28.4 Å². The van der Waals surface area contributed by atoms with E-state index in [0.29, 0.717) is 55.3 Å². The molecule has 0 radical (unpaired) electrons. The maximum absolute atomic E-state index is 12.6. The predicted molar refractivity (Wildman–Crippen MR) is 166 cm³/mol. The van der Waals surface area contributed by atoms with Gasteiger partial charge in [-0.3, -0.25) is 4.79 Å². The number of unbranched alkanes of at least 4 members (excludes halogenated alkanes) is 1. The van der Waals surface area contributed by atoms with Crippen LogP contribution in [0.4, 0.5) is 0 Å². The zero-order chi connectivity index (χ0) is 32.4. The van der Waals surface area contributed by atoms with Crippen molar-refractivity contribution in [3.63, 3.8) is 0 Å². The average molecular weight is 623 g/mol. The van der Waals surface area contributed by atoms with Crippen molar-refractivity contribution >= 4 is 23.9 Å². The summed E-state index contributed by atoms with van der Waals surface area (Å²) in [6, 6.07) is 11.7. The molecule has 2 aromatic carbocycles. The Bertz CT molecular complexity index is 1310. The van der Waals surface area contributed by atoms with Gasteiger partial charge in [-0.15, -0.1) is 0 Å². The van der Waals surface area contributed by atoms with Crippen molar-refractivity contribution in [2.45, 2.75) is 70.8 Å². The molecule has 45 heavy (non-hydrogen) atoms. The molecule has 0 N–H and O–H groups in total. The molecule has 0 aliphatic heterocycles. The molecule has 242 valence electrons. The number of hydrogen-bond acceptors (Lipinski definition) is 10. The minimum Gasteiger partial charge on any atom is -0.494 e. The number of ether oxygens (including phenoxy) is 6. The van der Waals surface area contributed by atoms with Crippen molar-refractivity contribution < 1.29 is 47.6 Å². The Morgan fingerprint density at radius 2 is 1.49 bits per heavy atom. The largest absolute Gasteiger partial charge is 0.494 e. The second-order valence-corrected chi connectivity index (χ2v) is 10.6. The van der Waals surface area contributed by atoms with E-state index in [1.807, 2.05) is 6.92 Å². The Labute approximate surface area is 264 Å². The van der Waals surface area contributed by atoms with Crippen LogP contribution in [-0.2, 0) is 28.6 Å². The number of esters is 4. The Morgan fingerprint density at radius 1 is 0.822 bits per heavy atom. The molecule has 1 aliphatic carbocycles. The quantitative estimate of drug-likeness (QED) is 0.0621. The highest BCUT2D eigenvalue weighted by Crippen LogP contribution is 2.25. The van der Waals surface area contributed by atoms with Crippen molar-refractivity contribution in [2.24, 2.45) is 0 Å². The first-order valence-electron chi connectivity index (χ1n) is 15.3. The summed E-state index contributed by atoms with van der Waals surface area (Å²) in [7, 11) is 0. The lowest BCUT2D eigenvalue weighted by molar-refractivity contribution is -0.151. The van der Waals surface area contributed by atoms with Gasteiger partial charge in [0.2, 0.25) is 0 Å². The molecule has 0 spiro atoms. The Morgan fingerprint density at radius 3 is 2.20 bits per heavy atom. The van der Waals surface area contributed by atoms with Gasteiger partial charge in [0.15, 0.2) is 0 Å². The molecule has 2 aromatic rings. The molecule has 0 atom stereocenters. The molecular formula is C35H42O10. The van der Waals surface area contributed by atoms with Gasteiger partial charge in [-0.2, -0.15) is 0 Å². The van der Waals surface area contributed by atoms with Gasteiger partial charge >= 0.3 is 23.9 Å². The normalized spacial score (nSPS) is 12.8. The van der Waals surface area contributed by atoms with Gasteiger partial charge in [0, 0.05) is 18.1 Å². The highest BCUT2D eigenvalue weighted by Gasteiger charge is 2.20. The van der Waals surface area contributed by atoms with E-state index in [0.717, 1.165) is 43.7 Å². The third-order valence-electron chi connectivity index (χ3n) is 6.94. The van der Waals surface area contributed by atoms with Crippen molar-refractivity contribution in [3.8, 4) is 17.2 Å². The Balaban J connectivity index is 1.29. The van der Waals surface area contributed by atoms with Gasteiger partial charge in [0.1, 0.15) is 23.4 Å². The molecule has 1 fully saturated rings. The lowest BCUT2D eigenvalue weighted by atomic mass is 9.98. The number of carbonyl (C=O) groups excluding carboxylic acids is 4. The third-order valence-corrected chi connectivity index (χ3v) is 6.94. The van der Waals surface area contributed by atoms with Crippen molar-refractivity contribution in [1.29, 1.82) is 0 Å². The van der Waals surface area contributed by atoms with Gasteiger partial charge in [-0.1, -0.05) is 19.6 Å². The van der Waals surface area contributed by atoms with Crippen LogP contribution in [0.2, 0.25) is 0 Å². The van der Waals surface area contributed by atoms with E-state index in [2.05, 4.69) is 13.2 Å². The molecule has 3 rings (SSSR count). The van der Waals surface area contributed by atoms with Crippen LogP contribution in [0.3, 0.4) is 0 Å². The molecule has 1 aliphatic rings. The summed E-state index contributed by atoms with van der Waals surface area (Å²) in [6.07, 6.45) is 7.64. The SMILES string of the molecule is C=CC(=O)OCCCOc1ccc(OC(=O)c2ccc(OCCCCOC(=O)C(=C)CC(=O)OC3CCCCC3)cc2)cc1C. The van der Waals surface area contributed by atoms with Crippen LogP contribution in [0.1, 0.15) is 73.7 Å². The van der Waals surface area contributed by atoms with Crippen molar-refractivity contribution in [1.82, 2.24) is 0 Å². The molecule has 10 heteroatoms. The molecule has 0 aromatic heterocycles. The van der Waals surface area contributed by atoms with E-state index in [1.54, 1.807) is 42.5 Å². The van der Waals surface area contributed by atoms with Gasteiger partial charge in [0.25, 0.3) is 0 Å². The van der Waals surface area contributed by atoms with Gasteiger partial charge in [0.05, 0.1) is 38.4 Å². The zero-order valence-electron chi connectivity index (χ0n) is 25.9. The first kappa shape index (κ1) is 34.9. The van der Waals surface area contributed by atoms with Crippen LogP contribution in [0, 0.1) is 6.92 Å². The van der Waals surface area contributed by atoms with Crippen LogP contribution in [0.25, 0.3) is 0 Å². The smallest absolute Gasteiger partial charge is 0.343 e. The van der Waals surface area contributed by atoms with E-state index < -0.39 is 23.9 Å².